The lowest BCUT2D eigenvalue weighted by atomic mass is 9.93. The van der Waals surface area contributed by atoms with Crippen LogP contribution in [0.3, 0.4) is 0 Å². The second-order valence-electron chi connectivity index (χ2n) is 5.38. The molecule has 8 heteroatoms. The van der Waals surface area contributed by atoms with Crippen molar-refractivity contribution in [3.8, 4) is 11.5 Å². The van der Waals surface area contributed by atoms with Gasteiger partial charge in [-0.2, -0.15) is 0 Å². The van der Waals surface area contributed by atoms with Crippen LogP contribution in [0.5, 0.6) is 11.5 Å². The normalized spacial score (nSPS) is 12.8. The van der Waals surface area contributed by atoms with Crippen LogP contribution >= 0.6 is 18.2 Å². The molecule has 0 bridgehead atoms. The molecule has 0 saturated heterocycles. The maximum absolute atomic E-state index is 12.5. The summed E-state index contributed by atoms with van der Waals surface area (Å²) in [5.41, 5.74) is 1.02. The molecule has 2 aromatic carbocycles. The molecule has 0 radical (unpaired) electrons. The predicted molar refractivity (Wildman–Crippen MR) is 91.5 cm³/mol. The van der Waals surface area contributed by atoms with E-state index in [4.69, 9.17) is 9.79 Å². The summed E-state index contributed by atoms with van der Waals surface area (Å²) in [4.78, 5) is 30.8. The van der Waals surface area contributed by atoms with Crippen molar-refractivity contribution >= 4 is 24.0 Å². The number of benzene rings is 2. The third kappa shape index (κ3) is 5.11. The first-order valence-electron chi connectivity index (χ1n) is 7.06. The van der Waals surface area contributed by atoms with Gasteiger partial charge < -0.3 is 20.0 Å². The number of carbonyl (C=O) groups is 1. The molecule has 2 rings (SSSR count). The van der Waals surface area contributed by atoms with Crippen LogP contribution in [0.1, 0.15) is 35.2 Å². The van der Waals surface area contributed by atoms with Crippen LogP contribution in [0.2, 0.25) is 0 Å². The zero-order valence-corrected chi connectivity index (χ0v) is 14.5. The first-order chi connectivity index (χ1) is 11.2. The number of rotatable bonds is 6. The van der Waals surface area contributed by atoms with Gasteiger partial charge in [-0.1, -0.05) is 19.1 Å². The largest absolute Gasteiger partial charge is 0.508 e. The summed E-state index contributed by atoms with van der Waals surface area (Å²) in [6, 6.07) is 10.3. The molecule has 0 spiro atoms. The molecule has 2 aromatic rings. The molecule has 0 aliphatic carbocycles. The Morgan fingerprint density at radius 2 is 1.67 bits per heavy atom. The average molecular weight is 368 g/mol. The maximum Gasteiger partial charge on any atom is 0.388 e. The van der Waals surface area contributed by atoms with Crippen LogP contribution in [-0.4, -0.2) is 25.8 Å². The van der Waals surface area contributed by atoms with Gasteiger partial charge in [0, 0.05) is 16.9 Å². The van der Waals surface area contributed by atoms with Crippen LogP contribution < -0.4 is 0 Å². The second-order valence-corrected chi connectivity index (χ2v) is 8.96. The van der Waals surface area contributed by atoms with Crippen molar-refractivity contribution in [3.05, 3.63) is 53.6 Å². The molecule has 0 aliphatic heterocycles. The van der Waals surface area contributed by atoms with Crippen LogP contribution in [0.25, 0.3) is 0 Å². The summed E-state index contributed by atoms with van der Waals surface area (Å²) in [5, 5.41) is 18.8. The zero-order valence-electron chi connectivity index (χ0n) is 12.8. The average Bonchev–Trinajstić information content (AvgIpc) is 2.46. The first kappa shape index (κ1) is 18.5. The molecule has 0 aromatic heterocycles. The number of carbonyl (C=O) groups excluding carboxylic acids is 1. The number of aromatic hydroxyl groups is 2. The minimum Gasteiger partial charge on any atom is -0.508 e. The molecule has 128 valence electrons. The van der Waals surface area contributed by atoms with Crippen molar-refractivity contribution in [2.24, 2.45) is 0 Å². The van der Waals surface area contributed by atoms with E-state index in [9.17, 15) is 19.6 Å². The number of phenols is 2. The highest BCUT2D eigenvalue weighted by Gasteiger charge is 2.22. The molecule has 1 unspecified atom stereocenters. The molecule has 0 heterocycles. The summed E-state index contributed by atoms with van der Waals surface area (Å²) in [6.45, 7) is -2.60. The van der Waals surface area contributed by atoms with Gasteiger partial charge in [0.05, 0.1) is 0 Å². The van der Waals surface area contributed by atoms with E-state index in [1.54, 1.807) is 12.1 Å². The fourth-order valence-corrected chi connectivity index (χ4v) is 4.19. The van der Waals surface area contributed by atoms with Crippen molar-refractivity contribution in [1.29, 1.82) is 0 Å². The monoisotopic (exact) mass is 368 g/mol. The summed E-state index contributed by atoms with van der Waals surface area (Å²) in [6.07, 6.45) is 0.129. The van der Waals surface area contributed by atoms with E-state index in [0.29, 0.717) is 0 Å². The van der Waals surface area contributed by atoms with Crippen molar-refractivity contribution in [3.63, 3.8) is 0 Å². The number of hydrogen-bond acceptors (Lipinski definition) is 5. The molecule has 1 atom stereocenters. The fraction of sp³-hybridized carbons (Fsp3) is 0.188. The van der Waals surface area contributed by atoms with E-state index < -0.39 is 6.80 Å². The SMILES string of the molecule is CC(CC(=O)c1ccc(O)cc1SP(=O)(O)O)c1ccc(O)cc1. The third-order valence-electron chi connectivity index (χ3n) is 3.44. The van der Waals surface area contributed by atoms with Gasteiger partial charge in [0.25, 0.3) is 0 Å². The smallest absolute Gasteiger partial charge is 0.388 e. The topological polar surface area (TPSA) is 115 Å². The molecule has 24 heavy (non-hydrogen) atoms. The van der Waals surface area contributed by atoms with Gasteiger partial charge in [0.2, 0.25) is 0 Å². The van der Waals surface area contributed by atoms with E-state index >= 15 is 0 Å². The van der Waals surface area contributed by atoms with Crippen LogP contribution in [0, 0.1) is 0 Å². The Hall–Kier alpha value is -1.79. The predicted octanol–water partition coefficient (Wildman–Crippen LogP) is 3.66. The third-order valence-corrected chi connectivity index (χ3v) is 5.51. The van der Waals surface area contributed by atoms with E-state index in [1.807, 2.05) is 6.92 Å². The van der Waals surface area contributed by atoms with Crippen LogP contribution in [-0.2, 0) is 4.57 Å². The molecule has 6 nitrogen and oxygen atoms in total. The summed E-state index contributed by atoms with van der Waals surface area (Å²) in [7, 11) is 0. The lowest BCUT2D eigenvalue weighted by molar-refractivity contribution is 0.0973. The van der Waals surface area contributed by atoms with Gasteiger partial charge in [0.1, 0.15) is 11.5 Å². The summed E-state index contributed by atoms with van der Waals surface area (Å²) in [5.74, 6) is -0.462. The Morgan fingerprint density at radius 3 is 2.25 bits per heavy atom. The Morgan fingerprint density at radius 1 is 1.08 bits per heavy atom. The van der Waals surface area contributed by atoms with Gasteiger partial charge in [-0.3, -0.25) is 4.79 Å². The lowest BCUT2D eigenvalue weighted by Gasteiger charge is -2.14. The van der Waals surface area contributed by atoms with Gasteiger partial charge in [-0.15, -0.1) is 0 Å². The van der Waals surface area contributed by atoms with Crippen LogP contribution in [0.4, 0.5) is 0 Å². The molecular formula is C16H17O6PS. The minimum atomic E-state index is -4.45. The van der Waals surface area contributed by atoms with Crippen LogP contribution in [0.15, 0.2) is 47.4 Å². The van der Waals surface area contributed by atoms with E-state index in [0.717, 1.165) is 5.56 Å². The molecule has 0 amide bonds. The standard InChI is InChI=1S/C16H17O6PS/c1-10(11-2-4-12(17)5-3-11)8-15(19)14-7-6-13(18)9-16(14)24-23(20,21)22/h2-7,9-10,17-18H,8H2,1H3,(H2,20,21,22). The van der Waals surface area contributed by atoms with E-state index in [1.165, 1.54) is 30.3 Å². The van der Waals surface area contributed by atoms with Crippen molar-refractivity contribution in [2.75, 3.05) is 0 Å². The molecule has 0 fully saturated rings. The van der Waals surface area contributed by atoms with Gasteiger partial charge in [0.15, 0.2) is 5.78 Å². The molecule has 0 aliphatic rings. The Balaban J connectivity index is 2.23. The van der Waals surface area contributed by atoms with Gasteiger partial charge in [-0.25, -0.2) is 4.57 Å². The van der Waals surface area contributed by atoms with Crippen molar-refractivity contribution < 1.29 is 29.4 Å². The zero-order chi connectivity index (χ0) is 17.9. The number of ketones is 1. The molecule has 0 saturated carbocycles. The van der Waals surface area contributed by atoms with E-state index in [-0.39, 0.29) is 51.5 Å². The Bertz CT molecular complexity index is 784. The molecule has 4 N–H and O–H groups in total. The van der Waals surface area contributed by atoms with Gasteiger partial charge >= 0.3 is 6.80 Å². The number of Topliss-reactive ketones (excluding diaryl/α,β-unsaturated/α-hetero) is 1. The van der Waals surface area contributed by atoms with E-state index in [2.05, 4.69) is 0 Å². The summed E-state index contributed by atoms with van der Waals surface area (Å²) < 4.78 is 11.2. The molecular weight excluding hydrogens is 351 g/mol. The number of phenolic OH excluding ortho intramolecular Hbond substituents is 2. The minimum absolute atomic E-state index is 0.0474. The summed E-state index contributed by atoms with van der Waals surface area (Å²) >= 11 is 0.247. The quantitative estimate of drug-likeness (QED) is 0.454. The highest BCUT2D eigenvalue weighted by molar-refractivity contribution is 8.54. The van der Waals surface area contributed by atoms with Crippen molar-refractivity contribution in [1.82, 2.24) is 0 Å². The maximum atomic E-state index is 12.5. The highest BCUT2D eigenvalue weighted by Crippen LogP contribution is 2.55. The Labute approximate surface area is 143 Å². The lowest BCUT2D eigenvalue weighted by Crippen LogP contribution is -2.06. The number of hydrogen-bond donors (Lipinski definition) is 4. The fourth-order valence-electron chi connectivity index (χ4n) is 2.25. The first-order valence-corrected chi connectivity index (χ1v) is 10.1. The Kier molecular flexibility index (Phi) is 5.72. The van der Waals surface area contributed by atoms with Gasteiger partial charge in [-0.05, 0) is 53.2 Å². The second kappa shape index (κ2) is 7.40. The highest BCUT2D eigenvalue weighted by atomic mass is 32.7. The van der Waals surface area contributed by atoms with Crippen molar-refractivity contribution in [2.45, 2.75) is 24.2 Å².